The first kappa shape index (κ1) is 14.0. The van der Waals surface area contributed by atoms with Crippen LogP contribution in [0.4, 0.5) is 5.13 Å². The lowest BCUT2D eigenvalue weighted by Crippen LogP contribution is -1.83. The maximum Gasteiger partial charge on any atom is 0.182 e. The van der Waals surface area contributed by atoms with Crippen LogP contribution in [0.2, 0.25) is 0 Å². The highest BCUT2D eigenvalue weighted by Crippen LogP contribution is 2.14. The molecule has 1 N–H and O–H groups in total. The van der Waals surface area contributed by atoms with Crippen LogP contribution in [0.1, 0.15) is 32.6 Å². The summed E-state index contributed by atoms with van der Waals surface area (Å²) in [4.78, 5) is 5.29. The summed E-state index contributed by atoms with van der Waals surface area (Å²) < 4.78 is 0. The molecule has 0 bridgehead atoms. The molecule has 0 spiro atoms. The van der Waals surface area contributed by atoms with E-state index in [0.29, 0.717) is 0 Å². The van der Waals surface area contributed by atoms with Crippen LogP contribution in [0.25, 0.3) is 0 Å². The van der Waals surface area contributed by atoms with E-state index in [9.17, 15) is 0 Å². The topological polar surface area (TPSA) is 24.9 Å². The number of hydrogen-bond acceptors (Lipinski definition) is 3. The minimum absolute atomic E-state index is 0.988. The maximum absolute atomic E-state index is 4.04. The Bertz CT molecular complexity index is 173. The van der Waals surface area contributed by atoms with E-state index >= 15 is 0 Å². The highest BCUT2D eigenvalue weighted by Gasteiger charge is 1.90. The van der Waals surface area contributed by atoms with Crippen molar-refractivity contribution in [3.63, 3.8) is 0 Å². The molecular formula is C9H20N2S. The Morgan fingerprint density at radius 3 is 1.92 bits per heavy atom. The molecule has 1 aromatic heterocycles. The van der Waals surface area contributed by atoms with E-state index in [1.807, 2.05) is 47.9 Å². The second kappa shape index (κ2) is 10.4. The normalized spacial score (nSPS) is 7.17. The predicted octanol–water partition coefficient (Wildman–Crippen LogP) is 3.55. The molecule has 0 radical (unpaired) electrons. The molecule has 0 saturated heterocycles. The van der Waals surface area contributed by atoms with Crippen LogP contribution in [-0.4, -0.2) is 12.0 Å². The zero-order valence-electron chi connectivity index (χ0n) is 8.93. The molecule has 0 aromatic carbocycles. The van der Waals surface area contributed by atoms with Crippen molar-refractivity contribution in [3.05, 3.63) is 11.1 Å². The van der Waals surface area contributed by atoms with E-state index < -0.39 is 0 Å². The predicted molar refractivity (Wildman–Crippen MR) is 59.1 cm³/mol. The lowest BCUT2D eigenvalue weighted by atomic mass is 10.7. The van der Waals surface area contributed by atoms with Gasteiger partial charge in [0.2, 0.25) is 0 Å². The third-order valence-corrected chi connectivity index (χ3v) is 1.77. The molecular weight excluding hydrogens is 168 g/mol. The monoisotopic (exact) mass is 188 g/mol. The highest BCUT2D eigenvalue weighted by atomic mass is 32.1. The van der Waals surface area contributed by atoms with Crippen molar-refractivity contribution in [3.8, 4) is 0 Å². The Balaban J connectivity index is 0. The Morgan fingerprint density at radius 1 is 1.25 bits per heavy atom. The largest absolute Gasteiger partial charge is 0.365 e. The average molecular weight is 188 g/mol. The van der Waals surface area contributed by atoms with Crippen LogP contribution in [-0.2, 0) is 0 Å². The summed E-state index contributed by atoms with van der Waals surface area (Å²) >= 11 is 1.67. The van der Waals surface area contributed by atoms with Crippen molar-refractivity contribution in [1.82, 2.24) is 4.98 Å². The van der Waals surface area contributed by atoms with Gasteiger partial charge in [0.25, 0.3) is 0 Å². The van der Waals surface area contributed by atoms with Crippen LogP contribution in [0.3, 0.4) is 0 Å². The van der Waals surface area contributed by atoms with Gasteiger partial charge < -0.3 is 5.32 Å². The lowest BCUT2D eigenvalue weighted by molar-refractivity contribution is 1.35. The van der Waals surface area contributed by atoms with Crippen LogP contribution < -0.4 is 5.32 Å². The van der Waals surface area contributed by atoms with Crippen molar-refractivity contribution < 1.29 is 0 Å². The molecule has 1 rings (SSSR count). The fourth-order valence-electron chi connectivity index (χ4n) is 0.470. The number of nitrogens with one attached hydrogen (secondary N) is 1. The van der Waals surface area contributed by atoms with Gasteiger partial charge in [0.05, 0.1) is 0 Å². The average Bonchev–Trinajstić information content (AvgIpc) is 2.58. The highest BCUT2D eigenvalue weighted by molar-refractivity contribution is 7.15. The van der Waals surface area contributed by atoms with E-state index in [1.165, 1.54) is 4.88 Å². The van der Waals surface area contributed by atoms with Gasteiger partial charge >= 0.3 is 0 Å². The van der Waals surface area contributed by atoms with Gasteiger partial charge in [-0.05, 0) is 6.92 Å². The second-order valence-corrected chi connectivity index (χ2v) is 2.76. The van der Waals surface area contributed by atoms with Gasteiger partial charge in [0.1, 0.15) is 0 Å². The second-order valence-electron chi connectivity index (χ2n) is 1.53. The summed E-state index contributed by atoms with van der Waals surface area (Å²) in [7, 11) is 1.87. The minimum atomic E-state index is 0.988. The van der Waals surface area contributed by atoms with Crippen LogP contribution in [0.15, 0.2) is 6.20 Å². The van der Waals surface area contributed by atoms with Crippen molar-refractivity contribution in [2.75, 3.05) is 12.4 Å². The number of hydrogen-bond donors (Lipinski definition) is 1. The summed E-state index contributed by atoms with van der Waals surface area (Å²) in [6.45, 7) is 10.0. The molecule has 0 amide bonds. The number of aromatic nitrogens is 1. The summed E-state index contributed by atoms with van der Waals surface area (Å²) in [6, 6.07) is 0. The van der Waals surface area contributed by atoms with Crippen molar-refractivity contribution in [2.45, 2.75) is 34.6 Å². The van der Waals surface area contributed by atoms with Gasteiger partial charge in [-0.2, -0.15) is 0 Å². The molecule has 0 aliphatic heterocycles. The molecule has 2 nitrogen and oxygen atoms in total. The zero-order valence-corrected chi connectivity index (χ0v) is 9.75. The molecule has 0 atom stereocenters. The van der Waals surface area contributed by atoms with Crippen molar-refractivity contribution >= 4 is 16.5 Å². The van der Waals surface area contributed by atoms with E-state index in [-0.39, 0.29) is 0 Å². The van der Waals surface area contributed by atoms with Gasteiger partial charge in [-0.25, -0.2) is 4.98 Å². The van der Waals surface area contributed by atoms with Gasteiger partial charge in [-0.15, -0.1) is 11.3 Å². The summed E-state index contributed by atoms with van der Waals surface area (Å²) in [5.41, 5.74) is 0. The zero-order chi connectivity index (χ0) is 9.98. The third kappa shape index (κ3) is 6.16. The summed E-state index contributed by atoms with van der Waals surface area (Å²) in [6.07, 6.45) is 1.86. The fraction of sp³-hybridized carbons (Fsp3) is 0.667. The van der Waals surface area contributed by atoms with Gasteiger partial charge in [-0.1, -0.05) is 27.7 Å². The van der Waals surface area contributed by atoms with Crippen LogP contribution >= 0.6 is 11.3 Å². The Labute approximate surface area is 80.0 Å². The fourth-order valence-corrected chi connectivity index (χ4v) is 1.09. The summed E-state index contributed by atoms with van der Waals surface area (Å²) in [5.74, 6) is 0. The van der Waals surface area contributed by atoms with Crippen LogP contribution in [0, 0.1) is 6.92 Å². The first-order chi connectivity index (χ1) is 5.83. The van der Waals surface area contributed by atoms with Crippen LogP contribution in [0.5, 0.6) is 0 Å². The smallest absolute Gasteiger partial charge is 0.182 e. The quantitative estimate of drug-likeness (QED) is 0.729. The maximum atomic E-state index is 4.04. The number of anilines is 1. The van der Waals surface area contributed by atoms with Gasteiger partial charge in [-0.3, -0.25) is 0 Å². The van der Waals surface area contributed by atoms with E-state index in [0.717, 1.165) is 5.13 Å². The molecule has 12 heavy (non-hydrogen) atoms. The minimum Gasteiger partial charge on any atom is -0.365 e. The molecule has 72 valence electrons. The molecule has 1 heterocycles. The Hall–Kier alpha value is -0.570. The SMILES string of the molecule is CC.CC.CNc1ncc(C)s1. The third-order valence-electron chi connectivity index (χ3n) is 0.835. The molecule has 3 heteroatoms. The van der Waals surface area contributed by atoms with E-state index in [1.54, 1.807) is 11.3 Å². The molecule has 0 saturated carbocycles. The first-order valence-corrected chi connectivity index (χ1v) is 5.25. The molecule has 0 aliphatic rings. The van der Waals surface area contributed by atoms with Crippen molar-refractivity contribution in [2.24, 2.45) is 0 Å². The van der Waals surface area contributed by atoms with Gasteiger partial charge in [0, 0.05) is 18.1 Å². The number of nitrogens with zero attached hydrogens (tertiary/aromatic N) is 1. The standard InChI is InChI=1S/C5H8N2S.2C2H6/c1-4-3-7-5(6-2)8-4;2*1-2/h3H,1-2H3,(H,6,7);2*1-2H3. The van der Waals surface area contributed by atoms with E-state index in [4.69, 9.17) is 0 Å². The Kier molecular flexibility index (Phi) is 12.2. The molecule has 0 fully saturated rings. The summed E-state index contributed by atoms with van der Waals surface area (Å²) in [5, 5.41) is 3.94. The number of rotatable bonds is 1. The molecule has 0 unspecified atom stereocenters. The van der Waals surface area contributed by atoms with Crippen molar-refractivity contribution in [1.29, 1.82) is 0 Å². The molecule has 1 aromatic rings. The van der Waals surface area contributed by atoms with E-state index in [2.05, 4.69) is 10.3 Å². The lowest BCUT2D eigenvalue weighted by Gasteiger charge is -1.84. The Morgan fingerprint density at radius 2 is 1.75 bits per heavy atom. The van der Waals surface area contributed by atoms with Gasteiger partial charge in [0.15, 0.2) is 5.13 Å². The number of thiazole rings is 1. The first-order valence-electron chi connectivity index (χ1n) is 4.43. The molecule has 0 aliphatic carbocycles. The number of aryl methyl sites for hydroxylation is 1.